The smallest absolute Gasteiger partial charge is 0.365 e. The van der Waals surface area contributed by atoms with Crippen LogP contribution in [0.25, 0.3) is 0 Å². The van der Waals surface area contributed by atoms with E-state index in [-0.39, 0.29) is 0 Å². The molecule has 114 valence electrons. The Bertz CT molecular complexity index is 682. The van der Waals surface area contributed by atoms with Gasteiger partial charge in [0.2, 0.25) is 11.8 Å². The maximum atomic E-state index is 13.1. The molecule has 2 saturated heterocycles. The Morgan fingerprint density at radius 3 is 2.05 bits per heavy atom. The standard InChI is InChI=1S/C15H10F3NO3/c16-15(17,18)7-3-1-2-4-8(7)19-13(20)11-9-5-6-10(22-9)12(11)14(19)21/h1-6,9-12H/t9-,10-,11-,12+/m0/s1. The van der Waals surface area contributed by atoms with Gasteiger partial charge in [-0.2, -0.15) is 13.2 Å². The number of nitrogens with zero attached hydrogens (tertiary/aromatic N) is 1. The highest BCUT2D eigenvalue weighted by atomic mass is 19.4. The molecule has 4 atom stereocenters. The number of halogens is 3. The van der Waals surface area contributed by atoms with Gasteiger partial charge in [-0.3, -0.25) is 9.59 Å². The molecule has 0 aliphatic carbocycles. The fourth-order valence-electron chi connectivity index (χ4n) is 3.45. The van der Waals surface area contributed by atoms with Crippen LogP contribution in [0.3, 0.4) is 0 Å². The summed E-state index contributed by atoms with van der Waals surface area (Å²) in [6.45, 7) is 0. The molecule has 4 rings (SSSR count). The quantitative estimate of drug-likeness (QED) is 0.590. The minimum absolute atomic E-state index is 0.404. The Hall–Kier alpha value is -2.15. The topological polar surface area (TPSA) is 46.6 Å². The fraction of sp³-hybridized carbons (Fsp3) is 0.333. The molecule has 0 spiro atoms. The van der Waals surface area contributed by atoms with Crippen molar-refractivity contribution in [2.45, 2.75) is 18.4 Å². The van der Waals surface area contributed by atoms with Crippen LogP contribution >= 0.6 is 0 Å². The maximum absolute atomic E-state index is 13.1. The zero-order valence-corrected chi connectivity index (χ0v) is 11.1. The highest BCUT2D eigenvalue weighted by Crippen LogP contribution is 2.48. The second-order valence-electron chi connectivity index (χ2n) is 5.53. The number of ether oxygens (including phenoxy) is 1. The van der Waals surface area contributed by atoms with Gasteiger partial charge in [0.05, 0.1) is 35.3 Å². The Kier molecular flexibility index (Phi) is 2.57. The van der Waals surface area contributed by atoms with Gasteiger partial charge in [0.25, 0.3) is 0 Å². The third kappa shape index (κ3) is 1.62. The largest absolute Gasteiger partial charge is 0.418 e. The molecule has 2 fully saturated rings. The number of para-hydroxylation sites is 1. The zero-order valence-electron chi connectivity index (χ0n) is 11.1. The molecule has 0 radical (unpaired) electrons. The van der Waals surface area contributed by atoms with Crippen molar-refractivity contribution in [1.82, 2.24) is 0 Å². The van der Waals surface area contributed by atoms with Gasteiger partial charge in [0.15, 0.2) is 0 Å². The van der Waals surface area contributed by atoms with E-state index >= 15 is 0 Å². The van der Waals surface area contributed by atoms with E-state index in [2.05, 4.69) is 0 Å². The number of hydrogen-bond donors (Lipinski definition) is 0. The second-order valence-corrected chi connectivity index (χ2v) is 5.53. The molecule has 2 bridgehead atoms. The first-order valence-electron chi connectivity index (χ1n) is 6.77. The van der Waals surface area contributed by atoms with Crippen LogP contribution in [0.1, 0.15) is 5.56 Å². The van der Waals surface area contributed by atoms with E-state index in [1.807, 2.05) is 0 Å². The lowest BCUT2D eigenvalue weighted by atomic mass is 9.85. The lowest BCUT2D eigenvalue weighted by molar-refractivity contribution is -0.137. The molecule has 1 aromatic rings. The highest BCUT2D eigenvalue weighted by molar-refractivity contribution is 6.23. The predicted molar refractivity (Wildman–Crippen MR) is 68.7 cm³/mol. The van der Waals surface area contributed by atoms with E-state index in [0.717, 1.165) is 12.1 Å². The number of amides is 2. The van der Waals surface area contributed by atoms with Gasteiger partial charge >= 0.3 is 6.18 Å². The van der Waals surface area contributed by atoms with Crippen LogP contribution in [0.4, 0.5) is 18.9 Å². The molecule has 0 aromatic heterocycles. The van der Waals surface area contributed by atoms with Gasteiger partial charge < -0.3 is 4.74 Å². The van der Waals surface area contributed by atoms with Crippen LogP contribution in [-0.2, 0) is 20.5 Å². The Morgan fingerprint density at radius 2 is 1.50 bits per heavy atom. The summed E-state index contributed by atoms with van der Waals surface area (Å²) in [6.07, 6.45) is -2.29. The van der Waals surface area contributed by atoms with Gasteiger partial charge in [-0.1, -0.05) is 24.3 Å². The van der Waals surface area contributed by atoms with E-state index in [1.165, 1.54) is 12.1 Å². The van der Waals surface area contributed by atoms with Crippen LogP contribution < -0.4 is 4.90 Å². The summed E-state index contributed by atoms with van der Waals surface area (Å²) in [4.78, 5) is 25.7. The summed E-state index contributed by atoms with van der Waals surface area (Å²) in [5.74, 6) is -2.68. The monoisotopic (exact) mass is 309 g/mol. The number of alkyl halides is 3. The number of benzene rings is 1. The molecule has 7 heteroatoms. The molecular weight excluding hydrogens is 299 g/mol. The number of imide groups is 1. The molecule has 0 unspecified atom stereocenters. The highest BCUT2D eigenvalue weighted by Gasteiger charge is 2.61. The van der Waals surface area contributed by atoms with Crippen molar-refractivity contribution in [2.24, 2.45) is 11.8 Å². The summed E-state index contributed by atoms with van der Waals surface area (Å²) in [6, 6.07) is 4.62. The Balaban J connectivity index is 1.80. The lowest BCUT2D eigenvalue weighted by Crippen LogP contribution is -2.35. The zero-order chi connectivity index (χ0) is 15.6. The van der Waals surface area contributed by atoms with Crippen molar-refractivity contribution < 1.29 is 27.5 Å². The Morgan fingerprint density at radius 1 is 0.955 bits per heavy atom. The summed E-state index contributed by atoms with van der Waals surface area (Å²) in [7, 11) is 0. The normalized spacial score (nSPS) is 33.0. The number of carbonyl (C=O) groups excluding carboxylic acids is 2. The van der Waals surface area contributed by atoms with Crippen LogP contribution in [0.2, 0.25) is 0 Å². The summed E-state index contributed by atoms with van der Waals surface area (Å²) in [5.41, 5.74) is -1.39. The Labute approximate surface area is 123 Å². The number of anilines is 1. The van der Waals surface area contributed by atoms with E-state index in [1.54, 1.807) is 12.2 Å². The van der Waals surface area contributed by atoms with E-state index in [4.69, 9.17) is 4.74 Å². The van der Waals surface area contributed by atoms with Gasteiger partial charge in [-0.15, -0.1) is 0 Å². The first-order chi connectivity index (χ1) is 10.4. The average molecular weight is 309 g/mol. The molecule has 22 heavy (non-hydrogen) atoms. The summed E-state index contributed by atoms with van der Waals surface area (Å²) >= 11 is 0. The molecule has 3 heterocycles. The molecular formula is C15H10F3NO3. The number of carbonyl (C=O) groups is 2. The van der Waals surface area contributed by atoms with E-state index < -0.39 is 53.3 Å². The van der Waals surface area contributed by atoms with E-state index in [0.29, 0.717) is 4.90 Å². The minimum atomic E-state index is -4.64. The molecule has 2 amide bonds. The van der Waals surface area contributed by atoms with Crippen LogP contribution in [0.5, 0.6) is 0 Å². The third-order valence-electron chi connectivity index (χ3n) is 4.36. The minimum Gasteiger partial charge on any atom is -0.365 e. The van der Waals surface area contributed by atoms with Crippen LogP contribution in [0.15, 0.2) is 36.4 Å². The number of rotatable bonds is 1. The van der Waals surface area contributed by atoms with Gasteiger partial charge in [0, 0.05) is 0 Å². The first-order valence-corrected chi connectivity index (χ1v) is 6.77. The second kappa shape index (κ2) is 4.19. The molecule has 0 saturated carbocycles. The SMILES string of the molecule is O=C1[C@@H]2[C@H](C(=O)N1c1ccccc1C(F)(F)F)[C@@H]1C=C[C@@H]2O1. The maximum Gasteiger partial charge on any atom is 0.418 e. The lowest BCUT2D eigenvalue weighted by Gasteiger charge is -2.21. The van der Waals surface area contributed by atoms with Crippen molar-refractivity contribution in [3.05, 3.63) is 42.0 Å². The number of fused-ring (bicyclic) bond motifs is 5. The summed E-state index contributed by atoms with van der Waals surface area (Å²) in [5, 5.41) is 0. The summed E-state index contributed by atoms with van der Waals surface area (Å²) < 4.78 is 44.8. The molecule has 3 aliphatic rings. The number of hydrogen-bond acceptors (Lipinski definition) is 3. The predicted octanol–water partition coefficient (Wildman–Crippen LogP) is 2.15. The average Bonchev–Trinajstić information content (AvgIpc) is 3.12. The van der Waals surface area contributed by atoms with Crippen molar-refractivity contribution in [2.75, 3.05) is 4.90 Å². The van der Waals surface area contributed by atoms with Crippen molar-refractivity contribution in [1.29, 1.82) is 0 Å². The third-order valence-corrected chi connectivity index (χ3v) is 4.36. The van der Waals surface area contributed by atoms with Crippen molar-refractivity contribution >= 4 is 17.5 Å². The fourth-order valence-corrected chi connectivity index (χ4v) is 3.45. The van der Waals surface area contributed by atoms with Crippen molar-refractivity contribution in [3.8, 4) is 0 Å². The first kappa shape index (κ1) is 13.5. The van der Waals surface area contributed by atoms with Gasteiger partial charge in [-0.25, -0.2) is 4.90 Å². The van der Waals surface area contributed by atoms with E-state index in [9.17, 15) is 22.8 Å². The van der Waals surface area contributed by atoms with Crippen LogP contribution in [-0.4, -0.2) is 24.0 Å². The van der Waals surface area contributed by atoms with Crippen LogP contribution in [0, 0.1) is 11.8 Å². The molecule has 1 aromatic carbocycles. The van der Waals surface area contributed by atoms with Crippen molar-refractivity contribution in [3.63, 3.8) is 0 Å². The van der Waals surface area contributed by atoms with Gasteiger partial charge in [0.1, 0.15) is 0 Å². The molecule has 0 N–H and O–H groups in total. The van der Waals surface area contributed by atoms with Gasteiger partial charge in [-0.05, 0) is 12.1 Å². The molecule has 3 aliphatic heterocycles. The molecule has 4 nitrogen and oxygen atoms in total.